The lowest BCUT2D eigenvalue weighted by Gasteiger charge is -2.18. The molecule has 0 fully saturated rings. The van der Waals surface area contributed by atoms with Crippen molar-refractivity contribution in [1.29, 1.82) is 0 Å². The monoisotopic (exact) mass is 228 g/mol. The maximum absolute atomic E-state index is 11.9. The highest BCUT2D eigenvalue weighted by molar-refractivity contribution is 7.33. The van der Waals surface area contributed by atoms with Gasteiger partial charge in [-0.3, -0.25) is 4.57 Å². The van der Waals surface area contributed by atoms with Gasteiger partial charge in [0.1, 0.15) is 0 Å². The lowest BCUT2D eigenvalue weighted by atomic mass is 10.6. The van der Waals surface area contributed by atoms with Gasteiger partial charge in [-0.05, 0) is 6.92 Å². The molecule has 0 rings (SSSR count). The summed E-state index contributed by atoms with van der Waals surface area (Å²) in [6.45, 7) is 1.00. The molecule has 0 saturated carbocycles. The molecule has 0 radical (unpaired) electrons. The van der Waals surface area contributed by atoms with Crippen molar-refractivity contribution in [3.63, 3.8) is 0 Å². The van der Waals surface area contributed by atoms with E-state index in [1.165, 1.54) is 6.92 Å². The van der Waals surface area contributed by atoms with Crippen molar-refractivity contribution in [3.8, 4) is 0 Å². The van der Waals surface area contributed by atoms with E-state index in [0.717, 1.165) is 0 Å². The van der Waals surface area contributed by atoms with Gasteiger partial charge < -0.3 is 4.52 Å². The van der Waals surface area contributed by atoms with E-state index in [1.54, 1.807) is 0 Å². The van der Waals surface area contributed by atoms with Crippen LogP contribution in [-0.4, -0.2) is 18.9 Å². The number of rotatable bonds is 4. The van der Waals surface area contributed by atoms with Crippen molar-refractivity contribution in [1.82, 2.24) is 0 Å². The Morgan fingerprint density at radius 1 is 1.23 bits per heavy atom. The molecule has 0 spiro atoms. The fourth-order valence-electron chi connectivity index (χ4n) is 0.310. The molecule has 0 aliphatic carbocycles. The number of halogens is 5. The summed E-state index contributed by atoms with van der Waals surface area (Å²) >= 11 is 0. The van der Waals surface area contributed by atoms with Gasteiger partial charge in [0.05, 0.1) is 6.61 Å². The Morgan fingerprint density at radius 3 is 2.00 bits per heavy atom. The minimum atomic E-state index is -5.88. The predicted octanol–water partition coefficient (Wildman–Crippen LogP) is 2.58. The molecule has 0 heterocycles. The van der Waals surface area contributed by atoms with Crippen molar-refractivity contribution < 1.29 is 35.6 Å². The van der Waals surface area contributed by atoms with Gasteiger partial charge in [-0.25, -0.2) is 4.52 Å². The highest BCUT2D eigenvalue weighted by atomic mass is 31.1. The molecule has 0 aromatic carbocycles. The van der Waals surface area contributed by atoms with Gasteiger partial charge in [0.15, 0.2) is 0 Å². The highest BCUT2D eigenvalue weighted by Crippen LogP contribution is 2.43. The SMILES string of the molecule is CCO[PH](=O)OC(F)(F)C(F)(F)F. The van der Waals surface area contributed by atoms with Gasteiger partial charge in [0.2, 0.25) is 0 Å². The molecule has 0 amide bonds. The van der Waals surface area contributed by atoms with E-state index < -0.39 is 20.5 Å². The Balaban J connectivity index is 4.26. The highest BCUT2D eigenvalue weighted by Gasteiger charge is 2.60. The van der Waals surface area contributed by atoms with Crippen LogP contribution in [0.2, 0.25) is 0 Å². The Bertz CT molecular complexity index is 191. The standard InChI is InChI=1S/C4H6F5O3P/c1-2-11-13(10)12-4(8,9)3(5,6)7/h13H,2H2,1H3. The second kappa shape index (κ2) is 4.34. The minimum Gasteiger partial charge on any atom is -0.311 e. The zero-order valence-electron chi connectivity index (χ0n) is 6.32. The minimum absolute atomic E-state index is 0.272. The zero-order valence-corrected chi connectivity index (χ0v) is 7.32. The van der Waals surface area contributed by atoms with E-state index >= 15 is 0 Å². The first-order valence-electron chi connectivity index (χ1n) is 3.01. The molecule has 13 heavy (non-hydrogen) atoms. The fourth-order valence-corrected chi connectivity index (χ4v) is 0.930. The molecule has 0 aliphatic heterocycles. The van der Waals surface area contributed by atoms with Crippen molar-refractivity contribution in [2.75, 3.05) is 6.61 Å². The molecule has 1 unspecified atom stereocenters. The summed E-state index contributed by atoms with van der Waals surface area (Å²) in [6.07, 6.45) is -11.3. The van der Waals surface area contributed by atoms with Gasteiger partial charge in [0.25, 0.3) is 0 Å². The van der Waals surface area contributed by atoms with E-state index in [-0.39, 0.29) is 6.61 Å². The molecule has 0 aliphatic rings. The first-order chi connectivity index (χ1) is 5.70. The van der Waals surface area contributed by atoms with Crippen LogP contribution in [0, 0.1) is 0 Å². The molecule has 80 valence electrons. The van der Waals surface area contributed by atoms with Gasteiger partial charge in [-0.2, -0.15) is 22.0 Å². The van der Waals surface area contributed by atoms with Crippen molar-refractivity contribution in [2.45, 2.75) is 19.2 Å². The van der Waals surface area contributed by atoms with Crippen LogP contribution in [-0.2, 0) is 13.6 Å². The topological polar surface area (TPSA) is 35.5 Å². The third-order valence-corrected chi connectivity index (χ3v) is 1.75. The van der Waals surface area contributed by atoms with Crippen molar-refractivity contribution >= 4 is 8.25 Å². The molecule has 0 aromatic heterocycles. The molecular weight excluding hydrogens is 222 g/mol. The van der Waals surface area contributed by atoms with Crippen LogP contribution >= 0.6 is 8.25 Å². The lowest BCUT2D eigenvalue weighted by molar-refractivity contribution is -0.361. The van der Waals surface area contributed by atoms with Crippen LogP contribution in [0.5, 0.6) is 0 Å². The van der Waals surface area contributed by atoms with Crippen LogP contribution in [0.1, 0.15) is 6.92 Å². The Morgan fingerprint density at radius 2 is 1.69 bits per heavy atom. The van der Waals surface area contributed by atoms with E-state index in [9.17, 15) is 26.5 Å². The second-order valence-corrected chi connectivity index (χ2v) is 2.79. The molecule has 0 saturated heterocycles. The van der Waals surface area contributed by atoms with Crippen molar-refractivity contribution in [3.05, 3.63) is 0 Å². The predicted molar refractivity (Wildman–Crippen MR) is 32.7 cm³/mol. The Labute approximate surface area is 70.8 Å². The lowest BCUT2D eigenvalue weighted by Crippen LogP contribution is -2.37. The second-order valence-electron chi connectivity index (χ2n) is 1.80. The largest absolute Gasteiger partial charge is 0.483 e. The third-order valence-electron chi connectivity index (χ3n) is 0.804. The van der Waals surface area contributed by atoms with E-state index in [0.29, 0.717) is 0 Å². The van der Waals surface area contributed by atoms with Crippen LogP contribution in [0.4, 0.5) is 22.0 Å². The van der Waals surface area contributed by atoms with Crippen LogP contribution in [0.3, 0.4) is 0 Å². The van der Waals surface area contributed by atoms with Gasteiger partial charge in [-0.15, -0.1) is 0 Å². The quantitative estimate of drug-likeness (QED) is 0.548. The summed E-state index contributed by atoms with van der Waals surface area (Å²) in [4.78, 5) is 0. The molecule has 1 atom stereocenters. The van der Waals surface area contributed by atoms with Gasteiger partial charge in [0, 0.05) is 0 Å². The summed E-state index contributed by atoms with van der Waals surface area (Å²) in [5.41, 5.74) is 0. The van der Waals surface area contributed by atoms with E-state index in [4.69, 9.17) is 0 Å². The number of hydrogen-bond acceptors (Lipinski definition) is 3. The average Bonchev–Trinajstić information content (AvgIpc) is 1.83. The summed E-state index contributed by atoms with van der Waals surface area (Å²) in [7, 11) is -3.80. The third kappa shape index (κ3) is 4.02. The van der Waals surface area contributed by atoms with Crippen LogP contribution < -0.4 is 0 Å². The number of hydrogen-bond donors (Lipinski definition) is 0. The molecule has 0 bridgehead atoms. The fraction of sp³-hybridized carbons (Fsp3) is 1.00. The molecule has 9 heteroatoms. The maximum atomic E-state index is 11.9. The molecule has 0 N–H and O–H groups in total. The summed E-state index contributed by atoms with van der Waals surface area (Å²) in [5, 5.41) is 0. The summed E-state index contributed by atoms with van der Waals surface area (Å²) < 4.78 is 75.0. The van der Waals surface area contributed by atoms with Crippen molar-refractivity contribution in [2.24, 2.45) is 0 Å². The van der Waals surface area contributed by atoms with Gasteiger partial charge >= 0.3 is 20.5 Å². The van der Waals surface area contributed by atoms with E-state index in [1.807, 2.05) is 0 Å². The first-order valence-corrected chi connectivity index (χ1v) is 4.23. The van der Waals surface area contributed by atoms with Crippen LogP contribution in [0.15, 0.2) is 0 Å². The smallest absolute Gasteiger partial charge is 0.311 e. The van der Waals surface area contributed by atoms with Crippen LogP contribution in [0.25, 0.3) is 0 Å². The Hall–Kier alpha value is -0.200. The Kier molecular flexibility index (Phi) is 4.28. The van der Waals surface area contributed by atoms with E-state index in [2.05, 4.69) is 9.05 Å². The number of alkyl halides is 5. The summed E-state index contributed by atoms with van der Waals surface area (Å²) in [5.74, 6) is 0. The molecular formula is C4H6F5O3P. The maximum Gasteiger partial charge on any atom is 0.483 e. The molecule has 3 nitrogen and oxygen atoms in total. The average molecular weight is 228 g/mol. The molecule has 0 aromatic rings. The van der Waals surface area contributed by atoms with Gasteiger partial charge in [-0.1, -0.05) is 0 Å². The zero-order chi connectivity index (χ0) is 10.7. The summed E-state index contributed by atoms with van der Waals surface area (Å²) in [6, 6.07) is 0. The normalized spacial score (nSPS) is 15.8. The first kappa shape index (κ1) is 12.8.